The van der Waals surface area contributed by atoms with Gasteiger partial charge in [-0.25, -0.2) is 4.79 Å². The van der Waals surface area contributed by atoms with Gasteiger partial charge in [0.1, 0.15) is 0 Å². The first kappa shape index (κ1) is 12.8. The van der Waals surface area contributed by atoms with Crippen LogP contribution < -0.4 is 0 Å². The van der Waals surface area contributed by atoms with Crippen LogP contribution in [0.5, 0.6) is 0 Å². The highest BCUT2D eigenvalue weighted by Crippen LogP contribution is 2.21. The molecular formula is C15H13BrO2. The number of hydrogen-bond acceptors (Lipinski definition) is 2. The maximum Gasteiger partial charge on any atom is 0.334 e. The van der Waals surface area contributed by atoms with E-state index in [1.54, 1.807) is 0 Å². The minimum absolute atomic E-state index is 0.306. The number of ether oxygens (including phenoxy) is 1. The Labute approximate surface area is 114 Å². The molecule has 0 unspecified atom stereocenters. The largest absolute Gasteiger partial charge is 0.466 e. The number of benzene rings is 2. The third-order valence-corrected chi connectivity index (χ3v) is 3.35. The number of halogens is 1. The van der Waals surface area contributed by atoms with E-state index in [1.165, 1.54) is 7.11 Å². The van der Waals surface area contributed by atoms with E-state index in [9.17, 15) is 4.79 Å². The van der Waals surface area contributed by atoms with Gasteiger partial charge in [-0.05, 0) is 22.4 Å². The first-order chi connectivity index (χ1) is 8.76. The topological polar surface area (TPSA) is 26.3 Å². The van der Waals surface area contributed by atoms with Crippen LogP contribution in [0.1, 0.15) is 5.56 Å². The molecule has 0 heterocycles. The van der Waals surface area contributed by atoms with Gasteiger partial charge in [-0.3, -0.25) is 0 Å². The van der Waals surface area contributed by atoms with Gasteiger partial charge in [-0.2, -0.15) is 0 Å². The predicted octanol–water partition coefficient (Wildman–Crippen LogP) is 3.79. The number of alkyl halides is 1. The highest BCUT2D eigenvalue weighted by Gasteiger charge is 2.08. The Morgan fingerprint density at radius 3 is 2.67 bits per heavy atom. The van der Waals surface area contributed by atoms with Crippen LogP contribution in [0.4, 0.5) is 0 Å². The van der Waals surface area contributed by atoms with Gasteiger partial charge in [0.05, 0.1) is 7.11 Å². The van der Waals surface area contributed by atoms with E-state index in [4.69, 9.17) is 4.74 Å². The van der Waals surface area contributed by atoms with Crippen molar-refractivity contribution in [3.63, 3.8) is 0 Å². The second kappa shape index (κ2) is 5.83. The molecule has 92 valence electrons. The van der Waals surface area contributed by atoms with Crippen molar-refractivity contribution < 1.29 is 9.53 Å². The number of hydrogen-bond donors (Lipinski definition) is 0. The minimum atomic E-state index is -0.306. The molecule has 0 radical (unpaired) electrons. The summed E-state index contributed by atoms with van der Waals surface area (Å²) in [7, 11) is 1.39. The van der Waals surface area contributed by atoms with Crippen molar-refractivity contribution in [3.05, 3.63) is 53.6 Å². The van der Waals surface area contributed by atoms with Crippen LogP contribution in [0.25, 0.3) is 16.8 Å². The van der Waals surface area contributed by atoms with Gasteiger partial charge in [-0.1, -0.05) is 58.4 Å². The van der Waals surface area contributed by atoms with Crippen LogP contribution in [0, 0.1) is 0 Å². The third kappa shape index (κ3) is 2.62. The van der Waals surface area contributed by atoms with Crippen LogP contribution in [0.2, 0.25) is 0 Å². The van der Waals surface area contributed by atoms with Crippen LogP contribution in [-0.4, -0.2) is 18.4 Å². The summed E-state index contributed by atoms with van der Waals surface area (Å²) in [5, 5.41) is 2.76. The molecule has 0 aliphatic rings. The lowest BCUT2D eigenvalue weighted by molar-refractivity contribution is -0.135. The number of methoxy groups -OCH3 is 1. The molecule has 18 heavy (non-hydrogen) atoms. The Hall–Kier alpha value is -1.61. The van der Waals surface area contributed by atoms with Crippen molar-refractivity contribution in [2.24, 2.45) is 0 Å². The van der Waals surface area contributed by atoms with E-state index >= 15 is 0 Å². The zero-order chi connectivity index (χ0) is 13.0. The van der Waals surface area contributed by atoms with Crippen LogP contribution in [-0.2, 0) is 9.53 Å². The molecule has 2 rings (SSSR count). The van der Waals surface area contributed by atoms with Gasteiger partial charge in [0.15, 0.2) is 0 Å². The molecule has 0 saturated carbocycles. The Morgan fingerprint density at radius 1 is 1.22 bits per heavy atom. The minimum Gasteiger partial charge on any atom is -0.466 e. The maximum absolute atomic E-state index is 11.6. The maximum atomic E-state index is 11.6. The second-order valence-corrected chi connectivity index (χ2v) is 4.42. The first-order valence-corrected chi connectivity index (χ1v) is 6.71. The standard InChI is InChI=1S/C15H13BrO2/c1-18-15(17)13(10-16)9-12-7-4-6-11-5-2-3-8-14(11)12/h2-9H,10H2,1H3/b13-9+. The number of rotatable bonds is 3. The molecule has 2 aromatic carbocycles. The molecule has 0 aromatic heterocycles. The van der Waals surface area contributed by atoms with Crippen molar-refractivity contribution in [1.29, 1.82) is 0 Å². The molecule has 2 aromatic rings. The van der Waals surface area contributed by atoms with Gasteiger partial charge >= 0.3 is 5.97 Å². The summed E-state index contributed by atoms with van der Waals surface area (Å²) >= 11 is 3.31. The molecule has 0 bridgehead atoms. The van der Waals surface area contributed by atoms with Crippen molar-refractivity contribution in [2.75, 3.05) is 12.4 Å². The number of esters is 1. The van der Waals surface area contributed by atoms with E-state index < -0.39 is 0 Å². The second-order valence-electron chi connectivity index (χ2n) is 3.86. The zero-order valence-electron chi connectivity index (χ0n) is 10.0. The predicted molar refractivity (Wildman–Crippen MR) is 77.7 cm³/mol. The summed E-state index contributed by atoms with van der Waals surface area (Å²) in [6.45, 7) is 0. The number of carbonyl (C=O) groups is 1. The quantitative estimate of drug-likeness (QED) is 0.490. The van der Waals surface area contributed by atoms with Crippen molar-refractivity contribution >= 4 is 38.7 Å². The lowest BCUT2D eigenvalue weighted by Gasteiger charge is -2.05. The lowest BCUT2D eigenvalue weighted by atomic mass is 10.0. The fourth-order valence-corrected chi connectivity index (χ4v) is 2.24. The van der Waals surface area contributed by atoms with Gasteiger partial charge in [-0.15, -0.1) is 0 Å². The van der Waals surface area contributed by atoms with Crippen LogP contribution in [0.15, 0.2) is 48.0 Å². The molecule has 2 nitrogen and oxygen atoms in total. The molecule has 0 aliphatic carbocycles. The third-order valence-electron chi connectivity index (χ3n) is 2.74. The van der Waals surface area contributed by atoms with E-state index in [1.807, 2.05) is 36.4 Å². The zero-order valence-corrected chi connectivity index (χ0v) is 11.6. The monoisotopic (exact) mass is 304 g/mol. The summed E-state index contributed by atoms with van der Waals surface area (Å²) < 4.78 is 4.75. The summed E-state index contributed by atoms with van der Waals surface area (Å²) in [6, 6.07) is 14.1. The van der Waals surface area contributed by atoms with Gasteiger partial charge < -0.3 is 4.74 Å². The molecule has 0 atom stereocenters. The molecule has 0 amide bonds. The van der Waals surface area contributed by atoms with Crippen molar-refractivity contribution in [3.8, 4) is 0 Å². The molecule has 3 heteroatoms. The first-order valence-electron chi connectivity index (χ1n) is 5.59. The summed E-state index contributed by atoms with van der Waals surface area (Å²) in [5.74, 6) is -0.306. The average Bonchev–Trinajstić information content (AvgIpc) is 2.44. The Kier molecular flexibility index (Phi) is 4.15. The van der Waals surface area contributed by atoms with E-state index in [0.717, 1.165) is 16.3 Å². The van der Waals surface area contributed by atoms with Gasteiger partial charge in [0, 0.05) is 10.9 Å². The molecule has 0 fully saturated rings. The summed E-state index contributed by atoms with van der Waals surface area (Å²) in [5.41, 5.74) is 1.63. The van der Waals surface area contributed by atoms with E-state index in [-0.39, 0.29) is 5.97 Å². The smallest absolute Gasteiger partial charge is 0.334 e. The van der Waals surface area contributed by atoms with Gasteiger partial charge in [0.25, 0.3) is 0 Å². The number of fused-ring (bicyclic) bond motifs is 1. The highest BCUT2D eigenvalue weighted by atomic mass is 79.9. The summed E-state index contributed by atoms with van der Waals surface area (Å²) in [4.78, 5) is 11.6. The summed E-state index contributed by atoms with van der Waals surface area (Å²) in [6.07, 6.45) is 1.86. The van der Waals surface area contributed by atoms with Crippen LogP contribution >= 0.6 is 15.9 Å². The Bertz CT molecular complexity index is 597. The van der Waals surface area contributed by atoms with E-state index in [0.29, 0.717) is 10.9 Å². The van der Waals surface area contributed by atoms with Crippen LogP contribution in [0.3, 0.4) is 0 Å². The lowest BCUT2D eigenvalue weighted by Crippen LogP contribution is -2.05. The normalized spacial score (nSPS) is 11.6. The molecule has 0 saturated heterocycles. The average molecular weight is 305 g/mol. The Balaban J connectivity index is 2.54. The highest BCUT2D eigenvalue weighted by molar-refractivity contribution is 9.09. The Morgan fingerprint density at radius 2 is 1.94 bits per heavy atom. The molecule has 0 aliphatic heterocycles. The number of carbonyl (C=O) groups excluding carboxylic acids is 1. The van der Waals surface area contributed by atoms with Gasteiger partial charge in [0.2, 0.25) is 0 Å². The van der Waals surface area contributed by atoms with E-state index in [2.05, 4.69) is 28.1 Å². The van der Waals surface area contributed by atoms with Crippen molar-refractivity contribution in [1.82, 2.24) is 0 Å². The van der Waals surface area contributed by atoms with Crippen molar-refractivity contribution in [2.45, 2.75) is 0 Å². The SMILES string of the molecule is COC(=O)/C(=C/c1cccc2ccccc12)CBr. The fourth-order valence-electron chi connectivity index (χ4n) is 1.85. The molecular weight excluding hydrogens is 292 g/mol. The fraction of sp³-hybridized carbons (Fsp3) is 0.133. The molecule has 0 N–H and O–H groups in total. The molecule has 0 spiro atoms.